The van der Waals surface area contributed by atoms with E-state index in [0.29, 0.717) is 5.69 Å². The predicted octanol–water partition coefficient (Wildman–Crippen LogP) is 1.26. The number of amides is 1. The number of pyridine rings is 1. The summed E-state index contributed by atoms with van der Waals surface area (Å²) < 4.78 is 12.5. The van der Waals surface area contributed by atoms with Gasteiger partial charge in [0.15, 0.2) is 0 Å². The Bertz CT molecular complexity index is 486. The van der Waals surface area contributed by atoms with Gasteiger partial charge in [-0.25, -0.2) is 15.0 Å². The fourth-order valence-corrected chi connectivity index (χ4v) is 1.08. The van der Waals surface area contributed by atoms with Gasteiger partial charge in [0, 0.05) is 6.20 Å². The van der Waals surface area contributed by atoms with Crippen molar-refractivity contribution in [2.24, 2.45) is 0 Å². The van der Waals surface area contributed by atoms with Gasteiger partial charge in [-0.15, -0.1) is 0 Å². The number of anilines is 1. The summed E-state index contributed by atoms with van der Waals surface area (Å²) in [7, 11) is 0. The van der Waals surface area contributed by atoms with E-state index >= 15 is 0 Å². The van der Waals surface area contributed by atoms with Gasteiger partial charge in [0.2, 0.25) is 5.95 Å². The molecular weight excluding hydrogens is 211 g/mol. The molecule has 0 saturated carbocycles. The number of nitrogens with one attached hydrogen (secondary N) is 1. The highest BCUT2D eigenvalue weighted by molar-refractivity contribution is 6.03. The van der Waals surface area contributed by atoms with Gasteiger partial charge in [0.1, 0.15) is 6.33 Å². The van der Waals surface area contributed by atoms with Crippen molar-refractivity contribution in [2.45, 2.75) is 0 Å². The van der Waals surface area contributed by atoms with E-state index in [1.807, 2.05) is 0 Å². The Morgan fingerprint density at radius 2 is 1.94 bits per heavy atom. The lowest BCUT2D eigenvalue weighted by Gasteiger charge is -2.02. The second-order valence-electron chi connectivity index (χ2n) is 2.95. The number of aromatic nitrogens is 3. The number of halogens is 1. The zero-order valence-corrected chi connectivity index (χ0v) is 8.09. The molecule has 0 aliphatic carbocycles. The topological polar surface area (TPSA) is 67.8 Å². The van der Waals surface area contributed by atoms with Gasteiger partial charge in [-0.2, -0.15) is 4.39 Å². The Morgan fingerprint density at radius 1 is 1.19 bits per heavy atom. The molecule has 16 heavy (non-hydrogen) atoms. The van der Waals surface area contributed by atoms with Crippen molar-refractivity contribution >= 4 is 11.6 Å². The van der Waals surface area contributed by atoms with Crippen LogP contribution in [-0.4, -0.2) is 20.9 Å². The van der Waals surface area contributed by atoms with E-state index in [4.69, 9.17) is 0 Å². The van der Waals surface area contributed by atoms with Gasteiger partial charge in [0.05, 0.1) is 23.6 Å². The summed E-state index contributed by atoms with van der Waals surface area (Å²) in [5, 5.41) is 2.55. The minimum absolute atomic E-state index is 0.269. The van der Waals surface area contributed by atoms with Gasteiger partial charge in [-0.1, -0.05) is 0 Å². The lowest BCUT2D eigenvalue weighted by molar-refractivity contribution is 0.102. The molecular formula is C10H7FN4O. The Balaban J connectivity index is 2.12. The lowest BCUT2D eigenvalue weighted by Crippen LogP contribution is -2.12. The van der Waals surface area contributed by atoms with Crippen LogP contribution in [0.5, 0.6) is 0 Å². The third kappa shape index (κ3) is 2.35. The van der Waals surface area contributed by atoms with Crippen molar-refractivity contribution in [1.29, 1.82) is 0 Å². The third-order valence-electron chi connectivity index (χ3n) is 1.81. The van der Waals surface area contributed by atoms with Crippen molar-refractivity contribution in [2.75, 3.05) is 5.32 Å². The fourth-order valence-electron chi connectivity index (χ4n) is 1.08. The first-order valence-electron chi connectivity index (χ1n) is 4.43. The van der Waals surface area contributed by atoms with E-state index in [9.17, 15) is 9.18 Å². The summed E-state index contributed by atoms with van der Waals surface area (Å²) in [6.07, 6.45) is 5.44. The van der Waals surface area contributed by atoms with Crippen molar-refractivity contribution in [3.05, 3.63) is 48.6 Å². The lowest BCUT2D eigenvalue weighted by atomic mass is 10.2. The van der Waals surface area contributed by atoms with Crippen LogP contribution in [0.15, 0.2) is 37.1 Å². The van der Waals surface area contributed by atoms with Gasteiger partial charge in [-0.05, 0) is 12.1 Å². The molecule has 0 saturated heterocycles. The van der Waals surface area contributed by atoms with Crippen LogP contribution < -0.4 is 5.32 Å². The minimum atomic E-state index is -0.625. The van der Waals surface area contributed by atoms with Gasteiger partial charge in [-0.3, -0.25) is 4.79 Å². The molecule has 6 heteroatoms. The van der Waals surface area contributed by atoms with E-state index in [2.05, 4.69) is 20.3 Å². The molecule has 0 aromatic carbocycles. The molecule has 0 aliphatic rings. The highest BCUT2D eigenvalue weighted by atomic mass is 19.1. The van der Waals surface area contributed by atoms with Gasteiger partial charge < -0.3 is 5.32 Å². The van der Waals surface area contributed by atoms with Gasteiger partial charge in [0.25, 0.3) is 5.91 Å². The second kappa shape index (κ2) is 4.43. The van der Waals surface area contributed by atoms with Crippen LogP contribution in [0.1, 0.15) is 10.4 Å². The quantitative estimate of drug-likeness (QED) is 0.770. The van der Waals surface area contributed by atoms with Crippen LogP contribution in [0.2, 0.25) is 0 Å². The molecule has 2 aromatic rings. The Hall–Kier alpha value is -2.37. The zero-order chi connectivity index (χ0) is 11.4. The first-order valence-corrected chi connectivity index (χ1v) is 4.43. The van der Waals surface area contributed by atoms with E-state index in [1.54, 1.807) is 0 Å². The molecule has 0 bridgehead atoms. The molecule has 0 spiro atoms. The molecule has 2 heterocycles. The van der Waals surface area contributed by atoms with Crippen LogP contribution in [0.4, 0.5) is 10.1 Å². The highest BCUT2D eigenvalue weighted by Gasteiger charge is 2.06. The minimum Gasteiger partial charge on any atom is -0.319 e. The summed E-state index contributed by atoms with van der Waals surface area (Å²) in [4.78, 5) is 22.5. The van der Waals surface area contributed by atoms with Crippen molar-refractivity contribution in [1.82, 2.24) is 15.0 Å². The molecule has 0 radical (unpaired) electrons. The second-order valence-corrected chi connectivity index (χ2v) is 2.95. The standard InChI is InChI=1S/C10H7FN4O/c11-9-2-1-7(3-14-9)10(16)15-8-4-12-6-13-5-8/h1-6H,(H,15,16). The monoisotopic (exact) mass is 218 g/mol. The molecule has 1 N–H and O–H groups in total. The van der Waals surface area contributed by atoms with Crippen molar-refractivity contribution < 1.29 is 9.18 Å². The molecule has 80 valence electrons. The maximum atomic E-state index is 12.5. The van der Waals surface area contributed by atoms with Crippen molar-refractivity contribution in [3.8, 4) is 0 Å². The third-order valence-corrected chi connectivity index (χ3v) is 1.81. The number of carbonyl (C=O) groups excluding carboxylic acids is 1. The molecule has 2 rings (SSSR count). The molecule has 0 unspecified atom stereocenters. The maximum absolute atomic E-state index is 12.5. The van der Waals surface area contributed by atoms with Crippen LogP contribution in [0.3, 0.4) is 0 Å². The van der Waals surface area contributed by atoms with Gasteiger partial charge >= 0.3 is 0 Å². The van der Waals surface area contributed by atoms with E-state index in [-0.39, 0.29) is 11.5 Å². The average Bonchev–Trinajstić information content (AvgIpc) is 2.31. The molecule has 0 atom stereocenters. The first-order chi connectivity index (χ1) is 7.75. The van der Waals surface area contributed by atoms with Crippen molar-refractivity contribution in [3.63, 3.8) is 0 Å². The summed E-state index contributed by atoms with van der Waals surface area (Å²) in [5.41, 5.74) is 0.738. The normalized spacial score (nSPS) is 9.81. The number of rotatable bonds is 2. The van der Waals surface area contributed by atoms with E-state index in [1.165, 1.54) is 24.8 Å². The molecule has 5 nitrogen and oxygen atoms in total. The Morgan fingerprint density at radius 3 is 2.56 bits per heavy atom. The number of hydrogen-bond donors (Lipinski definition) is 1. The average molecular weight is 218 g/mol. The largest absolute Gasteiger partial charge is 0.319 e. The molecule has 0 aliphatic heterocycles. The SMILES string of the molecule is O=C(Nc1cncnc1)c1ccc(F)nc1. The highest BCUT2D eigenvalue weighted by Crippen LogP contribution is 2.05. The van der Waals surface area contributed by atoms with Crippen LogP contribution in [-0.2, 0) is 0 Å². The zero-order valence-electron chi connectivity index (χ0n) is 8.09. The number of carbonyl (C=O) groups is 1. The summed E-state index contributed by atoms with van der Waals surface area (Å²) in [5.74, 6) is -1.01. The van der Waals surface area contributed by atoms with Crippen LogP contribution >= 0.6 is 0 Å². The number of hydrogen-bond acceptors (Lipinski definition) is 4. The molecule has 0 fully saturated rings. The fraction of sp³-hybridized carbons (Fsp3) is 0. The Kier molecular flexibility index (Phi) is 2.81. The summed E-state index contributed by atoms with van der Waals surface area (Å²) in [6.45, 7) is 0. The van der Waals surface area contributed by atoms with E-state index in [0.717, 1.165) is 12.3 Å². The van der Waals surface area contributed by atoms with E-state index < -0.39 is 5.95 Å². The maximum Gasteiger partial charge on any atom is 0.257 e. The molecule has 2 aromatic heterocycles. The van der Waals surface area contributed by atoms with Crippen LogP contribution in [0, 0.1) is 5.95 Å². The smallest absolute Gasteiger partial charge is 0.257 e. The first kappa shape index (κ1) is 10.2. The predicted molar refractivity (Wildman–Crippen MR) is 54.2 cm³/mol. The summed E-state index contributed by atoms with van der Waals surface area (Å²) in [6, 6.07) is 2.47. The Labute approximate surface area is 90.4 Å². The van der Waals surface area contributed by atoms with Crippen LogP contribution in [0.25, 0.3) is 0 Å². The summed E-state index contributed by atoms with van der Waals surface area (Å²) >= 11 is 0. The number of nitrogens with zero attached hydrogens (tertiary/aromatic N) is 3. The molecule has 1 amide bonds.